The van der Waals surface area contributed by atoms with E-state index in [0.29, 0.717) is 17.1 Å². The first-order valence-corrected chi connectivity index (χ1v) is 13.7. The number of hydrogen-bond donors (Lipinski definition) is 1. The number of thioether (sulfide) groups is 2. The maximum absolute atomic E-state index is 13.6. The summed E-state index contributed by atoms with van der Waals surface area (Å²) in [6, 6.07) is 27.5. The van der Waals surface area contributed by atoms with Gasteiger partial charge in [-0.3, -0.25) is 9.59 Å². The highest BCUT2D eigenvalue weighted by Gasteiger charge is 2.38. The standard InChI is InChI=1S/C29H31NO4S2/c1-29(2,3)34-28(33)30-25(23-17-11-6-12-18-23)24(26(31)35-19-21-13-7-4-8-14-21)27(32)36-20-22-15-9-5-10-16-22/h4-18,24-25H,19-20H2,1-3H3,(H,30,33)/t25-/m0/s1. The highest BCUT2D eigenvalue weighted by molar-refractivity contribution is 8.15. The molecule has 0 saturated carbocycles. The fraction of sp³-hybridized carbons (Fsp3) is 0.276. The van der Waals surface area contributed by atoms with Gasteiger partial charge in [0.2, 0.25) is 10.2 Å². The minimum absolute atomic E-state index is 0.297. The van der Waals surface area contributed by atoms with E-state index >= 15 is 0 Å². The van der Waals surface area contributed by atoms with Crippen molar-refractivity contribution in [1.82, 2.24) is 5.32 Å². The lowest BCUT2D eigenvalue weighted by atomic mass is 9.95. The minimum atomic E-state index is -1.10. The molecule has 0 radical (unpaired) electrons. The number of benzene rings is 3. The van der Waals surface area contributed by atoms with E-state index in [-0.39, 0.29) is 10.2 Å². The number of nitrogens with one attached hydrogen (secondary N) is 1. The van der Waals surface area contributed by atoms with Gasteiger partial charge in [0.15, 0.2) is 0 Å². The minimum Gasteiger partial charge on any atom is -0.444 e. The Hall–Kier alpha value is -3.03. The summed E-state index contributed by atoms with van der Waals surface area (Å²) in [4.78, 5) is 40.0. The van der Waals surface area contributed by atoms with Crippen LogP contribution in [0.5, 0.6) is 0 Å². The topological polar surface area (TPSA) is 72.5 Å². The van der Waals surface area contributed by atoms with Crippen LogP contribution in [0.3, 0.4) is 0 Å². The van der Waals surface area contributed by atoms with Crippen molar-refractivity contribution in [2.75, 3.05) is 0 Å². The summed E-state index contributed by atoms with van der Waals surface area (Å²) >= 11 is 2.17. The molecule has 0 aromatic heterocycles. The highest BCUT2D eigenvalue weighted by atomic mass is 32.2. The van der Waals surface area contributed by atoms with Gasteiger partial charge in [-0.2, -0.15) is 0 Å². The molecule has 7 heteroatoms. The van der Waals surface area contributed by atoms with Crippen molar-refractivity contribution < 1.29 is 19.1 Å². The van der Waals surface area contributed by atoms with Crippen LogP contribution in [0, 0.1) is 5.92 Å². The van der Waals surface area contributed by atoms with Crippen LogP contribution in [0.4, 0.5) is 4.79 Å². The van der Waals surface area contributed by atoms with Gasteiger partial charge in [-0.05, 0) is 37.5 Å². The van der Waals surface area contributed by atoms with Gasteiger partial charge in [-0.15, -0.1) is 0 Å². The lowest BCUT2D eigenvalue weighted by Crippen LogP contribution is -2.41. The molecule has 3 aromatic carbocycles. The molecule has 1 amide bonds. The third kappa shape index (κ3) is 8.88. The molecule has 0 bridgehead atoms. The van der Waals surface area contributed by atoms with Gasteiger partial charge in [0, 0.05) is 11.5 Å². The Morgan fingerprint density at radius 2 is 1.14 bits per heavy atom. The third-order valence-corrected chi connectivity index (χ3v) is 7.15. The fourth-order valence-corrected chi connectivity index (χ4v) is 5.38. The molecule has 0 spiro atoms. The van der Waals surface area contributed by atoms with E-state index in [1.165, 1.54) is 0 Å². The molecule has 0 aliphatic heterocycles. The van der Waals surface area contributed by atoms with Crippen LogP contribution in [0.15, 0.2) is 91.0 Å². The SMILES string of the molecule is CC(C)(C)OC(=O)N[C@@H](c1ccccc1)C(C(=O)SCc1ccccc1)C(=O)SCc1ccccc1. The van der Waals surface area contributed by atoms with Crippen LogP contribution in [-0.2, 0) is 25.8 Å². The monoisotopic (exact) mass is 521 g/mol. The molecule has 1 N–H and O–H groups in total. The molecular formula is C29H31NO4S2. The molecule has 36 heavy (non-hydrogen) atoms. The summed E-state index contributed by atoms with van der Waals surface area (Å²) in [5.74, 6) is -0.232. The van der Waals surface area contributed by atoms with E-state index in [2.05, 4.69) is 5.32 Å². The number of hydrogen-bond acceptors (Lipinski definition) is 6. The van der Waals surface area contributed by atoms with Crippen molar-refractivity contribution in [3.8, 4) is 0 Å². The number of amides is 1. The van der Waals surface area contributed by atoms with Crippen molar-refractivity contribution in [2.24, 2.45) is 5.92 Å². The highest BCUT2D eigenvalue weighted by Crippen LogP contribution is 2.33. The molecule has 1 atom stereocenters. The molecule has 0 saturated heterocycles. The molecule has 188 valence electrons. The second-order valence-corrected chi connectivity index (χ2v) is 11.2. The number of alkyl carbamates (subject to hydrolysis) is 1. The molecule has 0 fully saturated rings. The summed E-state index contributed by atoms with van der Waals surface area (Å²) in [5.41, 5.74) is 1.90. The van der Waals surface area contributed by atoms with Gasteiger partial charge >= 0.3 is 6.09 Å². The molecule has 0 aliphatic carbocycles. The summed E-state index contributed by atoms with van der Waals surface area (Å²) in [6.07, 6.45) is -0.678. The first-order chi connectivity index (χ1) is 17.2. The van der Waals surface area contributed by atoms with E-state index in [1.54, 1.807) is 32.9 Å². The number of ether oxygens (including phenoxy) is 1. The van der Waals surface area contributed by atoms with Gasteiger partial charge < -0.3 is 10.1 Å². The Morgan fingerprint density at radius 1 is 0.722 bits per heavy atom. The third-order valence-electron chi connectivity index (χ3n) is 5.12. The van der Waals surface area contributed by atoms with Crippen LogP contribution < -0.4 is 5.32 Å². The first kappa shape index (κ1) is 27.6. The Labute approximate surface area is 221 Å². The second kappa shape index (κ2) is 13.3. The van der Waals surface area contributed by atoms with Crippen molar-refractivity contribution in [1.29, 1.82) is 0 Å². The molecular weight excluding hydrogens is 490 g/mol. The average molecular weight is 522 g/mol. The molecule has 5 nitrogen and oxygen atoms in total. The van der Waals surface area contributed by atoms with Crippen molar-refractivity contribution in [2.45, 2.75) is 43.9 Å². The number of rotatable bonds is 9. The van der Waals surface area contributed by atoms with E-state index in [9.17, 15) is 14.4 Å². The van der Waals surface area contributed by atoms with Gasteiger partial charge in [0.05, 0.1) is 6.04 Å². The molecule has 3 rings (SSSR count). The maximum atomic E-state index is 13.6. The molecule has 0 heterocycles. The van der Waals surface area contributed by atoms with E-state index in [4.69, 9.17) is 4.74 Å². The van der Waals surface area contributed by atoms with E-state index in [1.807, 2.05) is 78.9 Å². The quantitative estimate of drug-likeness (QED) is 0.313. The summed E-state index contributed by atoms with van der Waals surface area (Å²) in [7, 11) is 0. The van der Waals surface area contributed by atoms with Gasteiger partial charge in [-0.25, -0.2) is 4.79 Å². The zero-order valence-electron chi connectivity index (χ0n) is 20.7. The van der Waals surface area contributed by atoms with Crippen LogP contribution in [0.1, 0.15) is 43.5 Å². The zero-order valence-corrected chi connectivity index (χ0v) is 22.3. The molecule has 0 unspecified atom stereocenters. The van der Waals surface area contributed by atoms with Crippen molar-refractivity contribution in [3.05, 3.63) is 108 Å². The second-order valence-electron chi connectivity index (χ2n) is 9.20. The molecule has 3 aromatic rings. The molecule has 0 aliphatic rings. The Bertz CT molecular complexity index is 1080. The van der Waals surface area contributed by atoms with Crippen LogP contribution in [0.25, 0.3) is 0 Å². The Kier molecular flexibility index (Phi) is 10.2. The van der Waals surface area contributed by atoms with Gasteiger partial charge in [-0.1, -0.05) is 115 Å². The van der Waals surface area contributed by atoms with Gasteiger partial charge in [0.1, 0.15) is 11.5 Å². The van der Waals surface area contributed by atoms with Crippen molar-refractivity contribution in [3.63, 3.8) is 0 Å². The van der Waals surface area contributed by atoms with Crippen LogP contribution >= 0.6 is 23.5 Å². The predicted molar refractivity (Wildman–Crippen MR) is 148 cm³/mol. The average Bonchev–Trinajstić information content (AvgIpc) is 2.86. The predicted octanol–water partition coefficient (Wildman–Crippen LogP) is 6.79. The largest absolute Gasteiger partial charge is 0.444 e. The van der Waals surface area contributed by atoms with Crippen LogP contribution in [-0.4, -0.2) is 21.9 Å². The number of carbonyl (C=O) groups excluding carboxylic acids is 3. The maximum Gasteiger partial charge on any atom is 0.408 e. The summed E-state index contributed by atoms with van der Waals surface area (Å²) in [5, 5.41) is 2.22. The summed E-state index contributed by atoms with van der Waals surface area (Å²) in [6.45, 7) is 5.30. The van der Waals surface area contributed by atoms with E-state index in [0.717, 1.165) is 34.7 Å². The summed E-state index contributed by atoms with van der Waals surface area (Å²) < 4.78 is 5.47. The first-order valence-electron chi connectivity index (χ1n) is 11.7. The van der Waals surface area contributed by atoms with Crippen LogP contribution in [0.2, 0.25) is 0 Å². The van der Waals surface area contributed by atoms with Crippen molar-refractivity contribution >= 4 is 39.8 Å². The normalized spacial score (nSPS) is 12.1. The fourth-order valence-electron chi connectivity index (χ4n) is 3.46. The lowest BCUT2D eigenvalue weighted by molar-refractivity contribution is -0.124. The van der Waals surface area contributed by atoms with Gasteiger partial charge in [0.25, 0.3) is 0 Å². The lowest BCUT2D eigenvalue weighted by Gasteiger charge is -2.28. The van der Waals surface area contributed by atoms with E-state index < -0.39 is 23.7 Å². The smallest absolute Gasteiger partial charge is 0.408 e. The zero-order chi connectivity index (χ0) is 26.0. The Balaban J connectivity index is 1.88. The number of carbonyl (C=O) groups is 3. The Morgan fingerprint density at radius 3 is 1.56 bits per heavy atom.